The first-order chi connectivity index (χ1) is 8.17. The van der Waals surface area contributed by atoms with Gasteiger partial charge in [0.1, 0.15) is 18.2 Å². The quantitative estimate of drug-likeness (QED) is 0.713. The minimum atomic E-state index is -0.388. The van der Waals surface area contributed by atoms with Crippen LogP contribution in [0.2, 0.25) is 0 Å². The first-order valence-corrected chi connectivity index (χ1v) is 5.69. The van der Waals surface area contributed by atoms with Gasteiger partial charge in [0.05, 0.1) is 12.8 Å². The number of hydrogen-bond donors (Lipinski definition) is 0. The maximum absolute atomic E-state index is 12.7. The van der Waals surface area contributed by atoms with E-state index in [1.165, 1.54) is 6.07 Å². The Hall–Kier alpha value is -1.65. The molecule has 1 heterocycles. The van der Waals surface area contributed by atoms with Crippen LogP contribution in [0.15, 0.2) is 18.3 Å². The number of carbonyl (C=O) groups excluding carboxylic acids is 1. The summed E-state index contributed by atoms with van der Waals surface area (Å²) in [6.45, 7) is 4.94. The fraction of sp³-hybridized carbons (Fsp3) is 0.500. The Morgan fingerprint density at radius 3 is 2.76 bits per heavy atom. The summed E-state index contributed by atoms with van der Waals surface area (Å²) in [7, 11) is 0. The highest BCUT2D eigenvalue weighted by Gasteiger charge is 2.12. The molecule has 0 fully saturated rings. The Kier molecular flexibility index (Phi) is 5.39. The van der Waals surface area contributed by atoms with Crippen LogP contribution in [0, 0.1) is 5.82 Å². The lowest BCUT2D eigenvalue weighted by atomic mass is 10.3. The Morgan fingerprint density at radius 1 is 1.47 bits per heavy atom. The Bertz CT molecular complexity index is 354. The van der Waals surface area contributed by atoms with Gasteiger partial charge in [-0.2, -0.15) is 0 Å². The van der Waals surface area contributed by atoms with Crippen LogP contribution in [0.3, 0.4) is 0 Å². The number of carbonyl (C=O) groups is 1. The molecule has 4 nitrogen and oxygen atoms in total. The van der Waals surface area contributed by atoms with Crippen LogP contribution in [0.25, 0.3) is 0 Å². The van der Waals surface area contributed by atoms with Crippen LogP contribution in [0.4, 0.5) is 10.2 Å². The fourth-order valence-electron chi connectivity index (χ4n) is 1.46. The number of hydrogen-bond acceptors (Lipinski definition) is 4. The van der Waals surface area contributed by atoms with E-state index in [0.717, 1.165) is 12.6 Å². The SMILES string of the molecule is CCCN(CC(=O)OCC)c1ccc(F)cn1. The van der Waals surface area contributed by atoms with Gasteiger partial charge < -0.3 is 9.64 Å². The van der Waals surface area contributed by atoms with E-state index in [-0.39, 0.29) is 18.3 Å². The van der Waals surface area contributed by atoms with Crippen molar-refractivity contribution in [3.05, 3.63) is 24.1 Å². The number of nitrogens with zero attached hydrogens (tertiary/aromatic N) is 2. The summed E-state index contributed by atoms with van der Waals surface area (Å²) in [6.07, 6.45) is 2.02. The third kappa shape index (κ3) is 4.38. The smallest absolute Gasteiger partial charge is 0.325 e. The van der Waals surface area contributed by atoms with Gasteiger partial charge in [-0.05, 0) is 25.5 Å². The van der Waals surface area contributed by atoms with Crippen molar-refractivity contribution < 1.29 is 13.9 Å². The van der Waals surface area contributed by atoms with Gasteiger partial charge in [0.25, 0.3) is 0 Å². The van der Waals surface area contributed by atoms with Gasteiger partial charge in [0.2, 0.25) is 0 Å². The van der Waals surface area contributed by atoms with Gasteiger partial charge in [-0.1, -0.05) is 6.92 Å². The van der Waals surface area contributed by atoms with E-state index in [1.54, 1.807) is 17.9 Å². The van der Waals surface area contributed by atoms with Gasteiger partial charge in [-0.25, -0.2) is 9.37 Å². The molecular weight excluding hydrogens is 223 g/mol. The molecule has 0 aromatic carbocycles. The fourth-order valence-corrected chi connectivity index (χ4v) is 1.46. The van der Waals surface area contributed by atoms with Crippen molar-refractivity contribution in [3.63, 3.8) is 0 Å². The summed E-state index contributed by atoms with van der Waals surface area (Å²) < 4.78 is 17.6. The number of rotatable bonds is 6. The van der Waals surface area contributed by atoms with Crippen molar-refractivity contribution in [2.45, 2.75) is 20.3 Å². The molecule has 0 aliphatic carbocycles. The van der Waals surface area contributed by atoms with Crippen molar-refractivity contribution in [1.82, 2.24) is 4.98 Å². The van der Waals surface area contributed by atoms with Crippen LogP contribution < -0.4 is 4.90 Å². The number of halogens is 1. The zero-order valence-corrected chi connectivity index (χ0v) is 10.1. The summed E-state index contributed by atoms with van der Waals surface area (Å²) in [5.41, 5.74) is 0. The van der Waals surface area contributed by atoms with Gasteiger partial charge in [0, 0.05) is 6.54 Å². The maximum atomic E-state index is 12.7. The molecule has 0 spiro atoms. The normalized spacial score (nSPS) is 10.1. The standard InChI is InChI=1S/C12H17FN2O2/c1-3-7-15(9-12(16)17-4-2)11-6-5-10(13)8-14-11/h5-6,8H,3-4,7,9H2,1-2H3. The van der Waals surface area contributed by atoms with Crippen molar-refractivity contribution in [2.24, 2.45) is 0 Å². The predicted molar refractivity (Wildman–Crippen MR) is 63.3 cm³/mol. The zero-order valence-electron chi connectivity index (χ0n) is 10.1. The third-order valence-electron chi connectivity index (χ3n) is 2.15. The van der Waals surface area contributed by atoms with Crippen molar-refractivity contribution >= 4 is 11.8 Å². The molecule has 0 saturated heterocycles. The van der Waals surface area contributed by atoms with Crippen LogP contribution in [-0.4, -0.2) is 30.6 Å². The lowest BCUT2D eigenvalue weighted by molar-refractivity contribution is -0.141. The van der Waals surface area contributed by atoms with E-state index >= 15 is 0 Å². The molecule has 0 atom stereocenters. The summed E-state index contributed by atoms with van der Waals surface area (Å²) in [5, 5.41) is 0. The molecule has 0 radical (unpaired) electrons. The molecule has 1 aromatic rings. The molecule has 17 heavy (non-hydrogen) atoms. The monoisotopic (exact) mass is 240 g/mol. The Labute approximate surface area is 100 Å². The van der Waals surface area contributed by atoms with Gasteiger partial charge in [0.15, 0.2) is 0 Å². The highest BCUT2D eigenvalue weighted by molar-refractivity contribution is 5.75. The number of esters is 1. The Balaban J connectivity index is 2.71. The number of pyridine rings is 1. The first-order valence-electron chi connectivity index (χ1n) is 5.69. The van der Waals surface area contributed by atoms with E-state index in [1.807, 2.05) is 6.92 Å². The number of ether oxygens (including phenoxy) is 1. The summed E-state index contributed by atoms with van der Waals surface area (Å²) >= 11 is 0. The molecule has 0 aliphatic heterocycles. The largest absolute Gasteiger partial charge is 0.465 e. The molecule has 0 bridgehead atoms. The first kappa shape index (κ1) is 13.4. The summed E-state index contributed by atoms with van der Waals surface area (Å²) in [6, 6.07) is 2.89. The Morgan fingerprint density at radius 2 is 2.24 bits per heavy atom. The summed E-state index contributed by atoms with van der Waals surface area (Å²) in [4.78, 5) is 17.1. The van der Waals surface area contributed by atoms with E-state index in [9.17, 15) is 9.18 Å². The van der Waals surface area contributed by atoms with E-state index < -0.39 is 0 Å². The van der Waals surface area contributed by atoms with Gasteiger partial charge in [-0.3, -0.25) is 4.79 Å². The second-order valence-electron chi connectivity index (χ2n) is 3.56. The van der Waals surface area contributed by atoms with E-state index in [4.69, 9.17) is 4.74 Å². The average Bonchev–Trinajstić information content (AvgIpc) is 2.30. The molecule has 0 saturated carbocycles. The molecular formula is C12H17FN2O2. The van der Waals surface area contributed by atoms with Crippen molar-refractivity contribution in [2.75, 3.05) is 24.6 Å². The topological polar surface area (TPSA) is 42.4 Å². The highest BCUT2D eigenvalue weighted by Crippen LogP contribution is 2.11. The van der Waals surface area contributed by atoms with Crippen molar-refractivity contribution in [3.8, 4) is 0 Å². The van der Waals surface area contributed by atoms with Crippen LogP contribution in [-0.2, 0) is 9.53 Å². The average molecular weight is 240 g/mol. The number of aromatic nitrogens is 1. The van der Waals surface area contributed by atoms with Crippen LogP contribution >= 0.6 is 0 Å². The molecule has 5 heteroatoms. The van der Waals surface area contributed by atoms with Gasteiger partial charge >= 0.3 is 5.97 Å². The van der Waals surface area contributed by atoms with Crippen LogP contribution in [0.1, 0.15) is 20.3 Å². The summed E-state index contributed by atoms with van der Waals surface area (Å²) in [5.74, 6) is -0.102. The minimum Gasteiger partial charge on any atom is -0.465 e. The predicted octanol–water partition coefficient (Wildman–Crippen LogP) is 2.00. The minimum absolute atomic E-state index is 0.139. The lowest BCUT2D eigenvalue weighted by Gasteiger charge is -2.21. The van der Waals surface area contributed by atoms with Crippen LogP contribution in [0.5, 0.6) is 0 Å². The second-order valence-corrected chi connectivity index (χ2v) is 3.56. The van der Waals surface area contributed by atoms with Crippen molar-refractivity contribution in [1.29, 1.82) is 0 Å². The molecule has 0 N–H and O–H groups in total. The van der Waals surface area contributed by atoms with E-state index in [2.05, 4.69) is 4.98 Å². The molecule has 1 rings (SSSR count). The highest BCUT2D eigenvalue weighted by atomic mass is 19.1. The number of anilines is 1. The second kappa shape index (κ2) is 6.83. The molecule has 94 valence electrons. The van der Waals surface area contributed by atoms with Gasteiger partial charge in [-0.15, -0.1) is 0 Å². The molecule has 0 aliphatic rings. The van der Waals surface area contributed by atoms with E-state index in [0.29, 0.717) is 19.0 Å². The third-order valence-corrected chi connectivity index (χ3v) is 2.15. The molecule has 0 unspecified atom stereocenters. The lowest BCUT2D eigenvalue weighted by Crippen LogP contribution is -2.32. The maximum Gasteiger partial charge on any atom is 0.325 e. The zero-order chi connectivity index (χ0) is 12.7. The molecule has 1 aromatic heterocycles. The molecule has 0 amide bonds.